The molecule has 0 saturated heterocycles. The van der Waals surface area contributed by atoms with E-state index >= 15 is 0 Å². The first kappa shape index (κ1) is 14.1. The molecule has 0 aliphatic rings. The molecule has 0 saturated carbocycles. The lowest BCUT2D eigenvalue weighted by atomic mass is 10.2. The van der Waals surface area contributed by atoms with E-state index in [1.165, 1.54) is 0 Å². The van der Waals surface area contributed by atoms with Crippen LogP contribution >= 0.6 is 0 Å². The van der Waals surface area contributed by atoms with Gasteiger partial charge in [-0.05, 0) is 36.4 Å². The molecule has 0 N–H and O–H groups in total. The highest BCUT2D eigenvalue weighted by Gasteiger charge is 2.16. The monoisotopic (exact) mass is 321 g/mol. The fourth-order valence-electron chi connectivity index (χ4n) is 2.32. The van der Waals surface area contributed by atoms with Crippen molar-refractivity contribution in [3.8, 4) is 28.7 Å². The zero-order valence-electron chi connectivity index (χ0n) is 12.6. The Kier molecular flexibility index (Phi) is 3.31. The minimum Gasteiger partial charge on any atom is -0.497 e. The van der Waals surface area contributed by atoms with E-state index in [1.807, 2.05) is 0 Å². The van der Waals surface area contributed by atoms with E-state index in [9.17, 15) is 4.79 Å². The van der Waals surface area contributed by atoms with Crippen LogP contribution in [-0.2, 0) is 0 Å². The Labute approximate surface area is 135 Å². The fourth-order valence-corrected chi connectivity index (χ4v) is 2.32. The molecule has 0 spiro atoms. The number of hydrogen-bond acceptors (Lipinski definition) is 7. The standard InChI is InChI=1S/C17H11N3O4/c1-22-12-4-5-14-11(7-12)8-13(17(21)23-14)16-20-19-15(24-16)10-3-2-6-18-9-10/h2-9H,1H3. The third-order valence-electron chi connectivity index (χ3n) is 3.50. The average molecular weight is 321 g/mol. The average Bonchev–Trinajstić information content (AvgIpc) is 3.11. The molecule has 0 bridgehead atoms. The number of rotatable bonds is 3. The zero-order valence-corrected chi connectivity index (χ0v) is 12.6. The number of ether oxygens (including phenoxy) is 1. The third kappa shape index (κ3) is 2.41. The maximum Gasteiger partial charge on any atom is 0.349 e. The Morgan fingerprint density at radius 1 is 1.04 bits per heavy atom. The highest BCUT2D eigenvalue weighted by Crippen LogP contribution is 2.25. The molecule has 118 valence electrons. The van der Waals surface area contributed by atoms with Crippen molar-refractivity contribution in [2.24, 2.45) is 0 Å². The van der Waals surface area contributed by atoms with Gasteiger partial charge in [0.05, 0.1) is 12.7 Å². The molecule has 4 rings (SSSR count). The Hall–Kier alpha value is -3.48. The van der Waals surface area contributed by atoms with Crippen LogP contribution in [0.3, 0.4) is 0 Å². The molecular formula is C17H11N3O4. The lowest BCUT2D eigenvalue weighted by molar-refractivity contribution is 0.415. The molecule has 7 heteroatoms. The molecule has 0 unspecified atom stereocenters. The van der Waals surface area contributed by atoms with E-state index in [1.54, 1.807) is 55.9 Å². The molecule has 7 nitrogen and oxygen atoms in total. The summed E-state index contributed by atoms with van der Waals surface area (Å²) in [6.07, 6.45) is 3.25. The van der Waals surface area contributed by atoms with Crippen LogP contribution in [-0.4, -0.2) is 22.3 Å². The van der Waals surface area contributed by atoms with Gasteiger partial charge in [-0.3, -0.25) is 4.98 Å². The number of fused-ring (bicyclic) bond motifs is 1. The summed E-state index contributed by atoms with van der Waals surface area (Å²) in [7, 11) is 1.57. The van der Waals surface area contributed by atoms with Crippen molar-refractivity contribution in [3.05, 3.63) is 59.2 Å². The van der Waals surface area contributed by atoms with Crippen LogP contribution in [0.15, 0.2) is 62.4 Å². The van der Waals surface area contributed by atoms with Crippen molar-refractivity contribution in [1.29, 1.82) is 0 Å². The molecule has 3 heterocycles. The summed E-state index contributed by atoms with van der Waals surface area (Å²) in [6, 6.07) is 10.4. The molecule has 0 atom stereocenters. The Bertz CT molecular complexity index is 1070. The first-order valence-corrected chi connectivity index (χ1v) is 7.11. The third-order valence-corrected chi connectivity index (χ3v) is 3.50. The molecular weight excluding hydrogens is 310 g/mol. The lowest BCUT2D eigenvalue weighted by Crippen LogP contribution is -2.02. The fraction of sp³-hybridized carbons (Fsp3) is 0.0588. The number of methoxy groups -OCH3 is 1. The Morgan fingerprint density at radius 3 is 2.71 bits per heavy atom. The van der Waals surface area contributed by atoms with Crippen LogP contribution < -0.4 is 10.4 Å². The number of nitrogens with zero attached hydrogens (tertiary/aromatic N) is 3. The maximum atomic E-state index is 12.2. The van der Waals surface area contributed by atoms with Crippen molar-refractivity contribution in [2.75, 3.05) is 7.11 Å². The Balaban J connectivity index is 1.83. The normalized spacial score (nSPS) is 10.9. The summed E-state index contributed by atoms with van der Waals surface area (Å²) < 4.78 is 16.1. The molecule has 4 aromatic rings. The predicted molar refractivity (Wildman–Crippen MR) is 85.6 cm³/mol. The van der Waals surface area contributed by atoms with E-state index < -0.39 is 5.63 Å². The van der Waals surface area contributed by atoms with Gasteiger partial charge in [0.15, 0.2) is 0 Å². The number of hydrogen-bond donors (Lipinski definition) is 0. The second-order valence-corrected chi connectivity index (χ2v) is 5.01. The van der Waals surface area contributed by atoms with Crippen molar-refractivity contribution >= 4 is 11.0 Å². The maximum absolute atomic E-state index is 12.2. The van der Waals surface area contributed by atoms with Gasteiger partial charge in [0.25, 0.3) is 5.89 Å². The minimum atomic E-state index is -0.547. The summed E-state index contributed by atoms with van der Waals surface area (Å²) in [5.74, 6) is 1.03. The first-order valence-electron chi connectivity index (χ1n) is 7.11. The van der Waals surface area contributed by atoms with E-state index in [2.05, 4.69) is 15.2 Å². The van der Waals surface area contributed by atoms with Gasteiger partial charge in [0, 0.05) is 17.8 Å². The van der Waals surface area contributed by atoms with Crippen LogP contribution in [0.5, 0.6) is 5.75 Å². The second kappa shape index (κ2) is 5.62. The summed E-state index contributed by atoms with van der Waals surface area (Å²) in [5, 5.41) is 8.59. The molecule has 0 aliphatic carbocycles. The number of aromatic nitrogens is 3. The molecule has 0 amide bonds. The van der Waals surface area contributed by atoms with Crippen molar-refractivity contribution in [3.63, 3.8) is 0 Å². The smallest absolute Gasteiger partial charge is 0.349 e. The van der Waals surface area contributed by atoms with Crippen molar-refractivity contribution in [2.45, 2.75) is 0 Å². The van der Waals surface area contributed by atoms with Crippen LogP contribution in [0.4, 0.5) is 0 Å². The minimum absolute atomic E-state index is 0.0901. The highest BCUT2D eigenvalue weighted by molar-refractivity contribution is 5.81. The predicted octanol–water partition coefficient (Wildman–Crippen LogP) is 2.91. The highest BCUT2D eigenvalue weighted by atomic mass is 16.5. The molecule has 1 aromatic carbocycles. The summed E-state index contributed by atoms with van der Waals surface area (Å²) >= 11 is 0. The van der Waals surface area contributed by atoms with Crippen LogP contribution in [0.1, 0.15) is 0 Å². The molecule has 0 radical (unpaired) electrons. The van der Waals surface area contributed by atoms with Gasteiger partial charge in [-0.25, -0.2) is 4.79 Å². The van der Waals surface area contributed by atoms with E-state index in [0.717, 1.165) is 0 Å². The van der Waals surface area contributed by atoms with Crippen molar-refractivity contribution in [1.82, 2.24) is 15.2 Å². The quantitative estimate of drug-likeness (QED) is 0.536. The van der Waals surface area contributed by atoms with E-state index in [4.69, 9.17) is 13.6 Å². The van der Waals surface area contributed by atoms with Gasteiger partial charge in [-0.2, -0.15) is 0 Å². The van der Waals surface area contributed by atoms with Crippen LogP contribution in [0.25, 0.3) is 33.9 Å². The molecule has 0 aliphatic heterocycles. The zero-order chi connectivity index (χ0) is 16.5. The topological polar surface area (TPSA) is 91.2 Å². The van der Waals surface area contributed by atoms with E-state index in [-0.39, 0.29) is 17.3 Å². The summed E-state index contributed by atoms with van der Waals surface area (Å²) in [6.45, 7) is 0. The second-order valence-electron chi connectivity index (χ2n) is 5.01. The largest absolute Gasteiger partial charge is 0.497 e. The van der Waals surface area contributed by atoms with Gasteiger partial charge in [0.1, 0.15) is 16.9 Å². The van der Waals surface area contributed by atoms with Gasteiger partial charge in [-0.1, -0.05) is 0 Å². The molecule has 0 fully saturated rings. The van der Waals surface area contributed by atoms with Gasteiger partial charge >= 0.3 is 5.63 Å². The number of benzene rings is 1. The lowest BCUT2D eigenvalue weighted by Gasteiger charge is -2.02. The van der Waals surface area contributed by atoms with Gasteiger partial charge < -0.3 is 13.6 Å². The summed E-state index contributed by atoms with van der Waals surface area (Å²) in [5.41, 5.74) is 0.770. The van der Waals surface area contributed by atoms with Crippen molar-refractivity contribution < 1.29 is 13.6 Å². The summed E-state index contributed by atoms with van der Waals surface area (Å²) in [4.78, 5) is 16.2. The first-order chi connectivity index (χ1) is 11.7. The Morgan fingerprint density at radius 2 is 1.92 bits per heavy atom. The SMILES string of the molecule is COc1ccc2oc(=O)c(-c3nnc(-c4cccnc4)o3)cc2c1. The molecule has 24 heavy (non-hydrogen) atoms. The van der Waals surface area contributed by atoms with E-state index in [0.29, 0.717) is 22.3 Å². The van der Waals surface area contributed by atoms with Gasteiger partial charge in [-0.15, -0.1) is 10.2 Å². The number of pyridine rings is 1. The molecule has 3 aromatic heterocycles. The van der Waals surface area contributed by atoms with Gasteiger partial charge in [0.2, 0.25) is 5.89 Å². The van der Waals surface area contributed by atoms with Crippen LogP contribution in [0.2, 0.25) is 0 Å². The van der Waals surface area contributed by atoms with Crippen LogP contribution in [0, 0.1) is 0 Å².